The fraction of sp³-hybridized carbons (Fsp3) is 0.682. The van der Waals surface area contributed by atoms with E-state index in [4.69, 9.17) is 10.5 Å². The predicted molar refractivity (Wildman–Crippen MR) is 108 cm³/mol. The van der Waals surface area contributed by atoms with Gasteiger partial charge in [-0.15, -0.1) is 0 Å². The summed E-state index contributed by atoms with van der Waals surface area (Å²) < 4.78 is 5.78. The quantitative estimate of drug-likeness (QED) is 0.884. The van der Waals surface area contributed by atoms with Gasteiger partial charge in [0.2, 0.25) is 5.91 Å². The normalized spacial score (nSPS) is 30.9. The van der Waals surface area contributed by atoms with E-state index in [2.05, 4.69) is 21.9 Å². The zero-order valence-corrected chi connectivity index (χ0v) is 16.5. The van der Waals surface area contributed by atoms with Gasteiger partial charge < -0.3 is 20.3 Å². The topological polar surface area (TPSA) is 58.8 Å². The Morgan fingerprint density at radius 1 is 1.11 bits per heavy atom. The first-order valence-electron chi connectivity index (χ1n) is 10.7. The van der Waals surface area contributed by atoms with E-state index in [9.17, 15) is 4.79 Å². The van der Waals surface area contributed by atoms with Crippen molar-refractivity contribution in [3.63, 3.8) is 0 Å². The number of para-hydroxylation sites is 2. The summed E-state index contributed by atoms with van der Waals surface area (Å²) in [6.45, 7) is 6.03. The van der Waals surface area contributed by atoms with Crippen LogP contribution < -0.4 is 15.4 Å². The Morgan fingerprint density at radius 2 is 1.78 bits per heavy atom. The van der Waals surface area contributed by atoms with E-state index in [-0.39, 0.29) is 5.92 Å². The molecule has 4 rings (SSSR count). The lowest BCUT2D eigenvalue weighted by atomic mass is 9.65. The van der Waals surface area contributed by atoms with Crippen molar-refractivity contribution in [3.05, 3.63) is 24.3 Å². The van der Waals surface area contributed by atoms with E-state index in [0.29, 0.717) is 30.4 Å². The van der Waals surface area contributed by atoms with Crippen LogP contribution >= 0.6 is 0 Å². The third-order valence-corrected chi connectivity index (χ3v) is 6.86. The lowest BCUT2D eigenvalue weighted by molar-refractivity contribution is -0.138. The summed E-state index contributed by atoms with van der Waals surface area (Å²) in [6.07, 6.45) is 5.72. The van der Waals surface area contributed by atoms with Crippen molar-refractivity contribution in [2.24, 2.45) is 23.5 Å². The maximum Gasteiger partial charge on any atom is 0.225 e. The minimum absolute atomic E-state index is 0.197. The molecule has 27 heavy (non-hydrogen) atoms. The molecule has 5 nitrogen and oxygen atoms in total. The van der Waals surface area contributed by atoms with E-state index < -0.39 is 0 Å². The van der Waals surface area contributed by atoms with Crippen LogP contribution in [0.25, 0.3) is 0 Å². The van der Waals surface area contributed by atoms with E-state index in [1.807, 2.05) is 19.1 Å². The van der Waals surface area contributed by atoms with Gasteiger partial charge in [0.1, 0.15) is 5.75 Å². The van der Waals surface area contributed by atoms with Crippen LogP contribution in [-0.2, 0) is 4.79 Å². The van der Waals surface area contributed by atoms with Crippen molar-refractivity contribution in [1.29, 1.82) is 0 Å². The lowest BCUT2D eigenvalue weighted by Crippen LogP contribution is -2.53. The molecular weight excluding hydrogens is 338 g/mol. The number of anilines is 1. The Kier molecular flexibility index (Phi) is 5.58. The summed E-state index contributed by atoms with van der Waals surface area (Å²) in [5.74, 6) is 2.63. The molecule has 2 unspecified atom stereocenters. The largest absolute Gasteiger partial charge is 0.492 e. The summed E-state index contributed by atoms with van der Waals surface area (Å²) in [5.41, 5.74) is 7.55. The van der Waals surface area contributed by atoms with Crippen LogP contribution in [0.15, 0.2) is 24.3 Å². The summed E-state index contributed by atoms with van der Waals surface area (Å²) in [7, 11) is 0. The summed E-state index contributed by atoms with van der Waals surface area (Å²) in [6, 6.07) is 8.54. The Morgan fingerprint density at radius 3 is 2.44 bits per heavy atom. The third-order valence-electron chi connectivity index (χ3n) is 6.86. The zero-order valence-electron chi connectivity index (χ0n) is 16.5. The molecule has 1 aliphatic heterocycles. The highest BCUT2D eigenvalue weighted by molar-refractivity contribution is 5.79. The SMILES string of the molecule is CCOc1ccccc1N1CCN(C(=O)C2CC3CCCC(C2)C3N)CC1. The average molecular weight is 372 g/mol. The van der Waals surface area contributed by atoms with Gasteiger partial charge in [0.15, 0.2) is 0 Å². The van der Waals surface area contributed by atoms with E-state index in [1.54, 1.807) is 0 Å². The van der Waals surface area contributed by atoms with Gasteiger partial charge in [0, 0.05) is 38.1 Å². The number of carbonyl (C=O) groups excluding carboxylic acids is 1. The molecule has 2 bridgehead atoms. The lowest BCUT2D eigenvalue weighted by Gasteiger charge is -2.45. The molecular formula is C22H33N3O2. The molecule has 5 heteroatoms. The first kappa shape index (κ1) is 18.6. The monoisotopic (exact) mass is 371 g/mol. The summed E-state index contributed by atoms with van der Waals surface area (Å²) in [5, 5.41) is 0. The molecule has 2 atom stereocenters. The van der Waals surface area contributed by atoms with Crippen LogP contribution in [0.4, 0.5) is 5.69 Å². The Labute approximate surface area is 162 Å². The van der Waals surface area contributed by atoms with Gasteiger partial charge in [-0.2, -0.15) is 0 Å². The molecule has 1 aromatic rings. The van der Waals surface area contributed by atoms with E-state index in [1.165, 1.54) is 19.3 Å². The van der Waals surface area contributed by atoms with Crippen molar-refractivity contribution in [3.8, 4) is 5.75 Å². The molecule has 2 saturated carbocycles. The molecule has 1 heterocycles. The van der Waals surface area contributed by atoms with Crippen molar-refractivity contribution < 1.29 is 9.53 Å². The van der Waals surface area contributed by atoms with Crippen LogP contribution in [0.1, 0.15) is 39.0 Å². The number of nitrogens with zero attached hydrogens (tertiary/aromatic N) is 2. The van der Waals surface area contributed by atoms with E-state index >= 15 is 0 Å². The van der Waals surface area contributed by atoms with Gasteiger partial charge in [-0.05, 0) is 56.6 Å². The number of carbonyl (C=O) groups is 1. The van der Waals surface area contributed by atoms with E-state index in [0.717, 1.165) is 50.5 Å². The number of hydrogen-bond donors (Lipinski definition) is 1. The predicted octanol–water partition coefficient (Wildman–Crippen LogP) is 2.89. The third kappa shape index (κ3) is 3.79. The number of fused-ring (bicyclic) bond motifs is 2. The van der Waals surface area contributed by atoms with Crippen LogP contribution in [0, 0.1) is 17.8 Å². The highest BCUT2D eigenvalue weighted by atomic mass is 16.5. The Balaban J connectivity index is 1.36. The van der Waals surface area contributed by atoms with Gasteiger partial charge in [0.25, 0.3) is 0 Å². The van der Waals surface area contributed by atoms with Gasteiger partial charge >= 0.3 is 0 Å². The van der Waals surface area contributed by atoms with Crippen molar-refractivity contribution in [1.82, 2.24) is 4.90 Å². The fourth-order valence-electron chi connectivity index (χ4n) is 5.41. The molecule has 3 fully saturated rings. The number of rotatable bonds is 4. The maximum absolute atomic E-state index is 13.1. The first-order valence-corrected chi connectivity index (χ1v) is 10.7. The smallest absolute Gasteiger partial charge is 0.225 e. The molecule has 1 saturated heterocycles. The number of ether oxygens (including phenoxy) is 1. The molecule has 2 N–H and O–H groups in total. The van der Waals surface area contributed by atoms with Crippen molar-refractivity contribution in [2.75, 3.05) is 37.7 Å². The first-order chi connectivity index (χ1) is 13.2. The number of amides is 1. The molecule has 0 aromatic heterocycles. The van der Waals surface area contributed by atoms with Crippen LogP contribution in [0.3, 0.4) is 0 Å². The minimum Gasteiger partial charge on any atom is -0.492 e. The van der Waals surface area contributed by atoms with Crippen LogP contribution in [0.2, 0.25) is 0 Å². The number of nitrogens with two attached hydrogens (primary N) is 1. The van der Waals surface area contributed by atoms with Crippen molar-refractivity contribution >= 4 is 11.6 Å². The van der Waals surface area contributed by atoms with Crippen LogP contribution in [-0.4, -0.2) is 49.6 Å². The Bertz CT molecular complexity index is 643. The average Bonchev–Trinajstić information content (AvgIpc) is 2.68. The molecule has 2 aliphatic carbocycles. The van der Waals surface area contributed by atoms with Crippen molar-refractivity contribution in [2.45, 2.75) is 45.1 Å². The number of benzene rings is 1. The standard InChI is InChI=1S/C22H33N3O2/c1-2-27-20-9-4-3-8-19(20)24-10-12-25(13-11-24)22(26)18-14-16-6-5-7-17(15-18)21(16)23/h3-4,8-9,16-18,21H,2,5-7,10-15,23H2,1H3. The Hall–Kier alpha value is -1.75. The summed E-state index contributed by atoms with van der Waals surface area (Å²) in [4.78, 5) is 17.6. The fourth-order valence-corrected chi connectivity index (χ4v) is 5.41. The second-order valence-electron chi connectivity index (χ2n) is 8.41. The minimum atomic E-state index is 0.197. The zero-order chi connectivity index (χ0) is 18.8. The second-order valence-corrected chi connectivity index (χ2v) is 8.41. The van der Waals surface area contributed by atoms with Gasteiger partial charge in [0.05, 0.1) is 12.3 Å². The highest BCUT2D eigenvalue weighted by Gasteiger charge is 2.41. The summed E-state index contributed by atoms with van der Waals surface area (Å²) >= 11 is 0. The maximum atomic E-state index is 13.1. The second kappa shape index (κ2) is 8.09. The van der Waals surface area contributed by atoms with Gasteiger partial charge in [-0.3, -0.25) is 4.79 Å². The molecule has 148 valence electrons. The van der Waals surface area contributed by atoms with Gasteiger partial charge in [-0.25, -0.2) is 0 Å². The van der Waals surface area contributed by atoms with Crippen LogP contribution in [0.5, 0.6) is 5.75 Å². The molecule has 0 spiro atoms. The highest BCUT2D eigenvalue weighted by Crippen LogP contribution is 2.42. The van der Waals surface area contributed by atoms with Gasteiger partial charge in [-0.1, -0.05) is 18.6 Å². The molecule has 1 aromatic carbocycles. The molecule has 3 aliphatic rings. The molecule has 0 radical (unpaired) electrons. The number of piperazine rings is 1. The molecule has 1 amide bonds. The number of hydrogen-bond acceptors (Lipinski definition) is 4.